The summed E-state index contributed by atoms with van der Waals surface area (Å²) in [5.74, 6) is 0.115. The third-order valence-electron chi connectivity index (χ3n) is 4.71. The van der Waals surface area contributed by atoms with E-state index in [1.54, 1.807) is 0 Å². The molecule has 0 spiro atoms. The highest BCUT2D eigenvalue weighted by molar-refractivity contribution is 5.84. The van der Waals surface area contributed by atoms with Crippen molar-refractivity contribution in [3.8, 4) is 0 Å². The minimum atomic E-state index is -0.156. The molecule has 0 aliphatic heterocycles. The lowest BCUT2D eigenvalue weighted by atomic mass is 9.79. The Balaban J connectivity index is 1.91. The first-order valence-corrected chi connectivity index (χ1v) is 8.34. The van der Waals surface area contributed by atoms with Crippen LogP contribution in [0.4, 0.5) is 5.95 Å². The van der Waals surface area contributed by atoms with Gasteiger partial charge in [-0.2, -0.15) is 0 Å². The number of nitrogen functional groups attached to an aromatic ring is 1. The number of hydrogen-bond donors (Lipinski definition) is 2. The molecule has 4 nitrogen and oxygen atoms in total. The molecule has 1 atom stereocenters. The molecule has 4 rings (SSSR count). The number of anilines is 1. The molecule has 124 valence electrons. The van der Waals surface area contributed by atoms with Crippen molar-refractivity contribution in [1.82, 2.24) is 9.97 Å². The van der Waals surface area contributed by atoms with Gasteiger partial charge in [0.2, 0.25) is 5.95 Å². The summed E-state index contributed by atoms with van der Waals surface area (Å²) in [5.41, 5.74) is 11.6. The maximum Gasteiger partial charge on any atom is 0.256 e. The summed E-state index contributed by atoms with van der Waals surface area (Å²) >= 11 is 0. The Bertz CT molecular complexity index is 1000. The molecule has 0 saturated carbocycles. The van der Waals surface area contributed by atoms with Crippen molar-refractivity contribution < 1.29 is 0 Å². The molecular formula is C21H19N3O. The van der Waals surface area contributed by atoms with Gasteiger partial charge in [0.05, 0.1) is 11.3 Å². The first-order chi connectivity index (χ1) is 12.1. The molecular weight excluding hydrogens is 310 g/mol. The molecule has 0 bridgehead atoms. The number of hydrogen-bond acceptors (Lipinski definition) is 3. The van der Waals surface area contributed by atoms with Gasteiger partial charge in [0, 0.05) is 5.92 Å². The number of H-pyrrole nitrogens is 1. The summed E-state index contributed by atoms with van der Waals surface area (Å²) in [7, 11) is 0. The van der Waals surface area contributed by atoms with Gasteiger partial charge in [-0.15, -0.1) is 0 Å². The number of aromatic amines is 1. The summed E-state index contributed by atoms with van der Waals surface area (Å²) in [6.07, 6.45) is 2.75. The minimum absolute atomic E-state index is 0.0346. The fourth-order valence-corrected chi connectivity index (χ4v) is 3.45. The van der Waals surface area contributed by atoms with Crippen molar-refractivity contribution in [3.05, 3.63) is 92.9 Å². The van der Waals surface area contributed by atoms with Gasteiger partial charge in [-0.05, 0) is 36.1 Å². The second-order valence-corrected chi connectivity index (χ2v) is 6.45. The van der Waals surface area contributed by atoms with Gasteiger partial charge in [0.1, 0.15) is 0 Å². The minimum Gasteiger partial charge on any atom is -0.369 e. The van der Waals surface area contributed by atoms with E-state index >= 15 is 0 Å². The zero-order chi connectivity index (χ0) is 17.4. The quantitative estimate of drug-likeness (QED) is 0.752. The molecule has 2 aromatic carbocycles. The zero-order valence-corrected chi connectivity index (χ0v) is 14.0. The Morgan fingerprint density at radius 2 is 1.80 bits per heavy atom. The second kappa shape index (κ2) is 6.06. The van der Waals surface area contributed by atoms with Gasteiger partial charge in [-0.3, -0.25) is 9.78 Å². The number of nitrogens with zero attached hydrogens (tertiary/aromatic N) is 1. The van der Waals surface area contributed by atoms with Crippen molar-refractivity contribution >= 4 is 17.6 Å². The molecule has 0 fully saturated rings. The fraction of sp³-hybridized carbons (Fsp3) is 0.143. The summed E-state index contributed by atoms with van der Waals surface area (Å²) in [6.45, 7) is 2.06. The van der Waals surface area contributed by atoms with Crippen molar-refractivity contribution in [2.24, 2.45) is 0 Å². The lowest BCUT2D eigenvalue weighted by Gasteiger charge is -2.25. The largest absolute Gasteiger partial charge is 0.369 e. The second-order valence-electron chi connectivity index (χ2n) is 6.45. The summed E-state index contributed by atoms with van der Waals surface area (Å²) in [5, 5.41) is 0. The van der Waals surface area contributed by atoms with E-state index < -0.39 is 0 Å². The van der Waals surface area contributed by atoms with Crippen LogP contribution in [0.2, 0.25) is 0 Å². The lowest BCUT2D eigenvalue weighted by molar-refractivity contribution is 0.800. The van der Waals surface area contributed by atoms with Crippen LogP contribution in [0.1, 0.15) is 40.3 Å². The molecule has 25 heavy (non-hydrogen) atoms. The molecule has 3 aromatic rings. The molecule has 0 radical (unpaired) electrons. The van der Waals surface area contributed by atoms with Crippen LogP contribution in [0.5, 0.6) is 0 Å². The molecule has 1 aromatic heterocycles. The van der Waals surface area contributed by atoms with Crippen molar-refractivity contribution in [2.75, 3.05) is 5.73 Å². The average molecular weight is 329 g/mol. The van der Waals surface area contributed by atoms with Gasteiger partial charge >= 0.3 is 0 Å². The number of benzene rings is 2. The third kappa shape index (κ3) is 2.87. The van der Waals surface area contributed by atoms with E-state index in [2.05, 4.69) is 53.3 Å². The van der Waals surface area contributed by atoms with Gasteiger partial charge in [-0.1, -0.05) is 60.2 Å². The van der Waals surface area contributed by atoms with Crippen LogP contribution in [0.25, 0.3) is 11.6 Å². The predicted octanol–water partition coefficient (Wildman–Crippen LogP) is 3.74. The molecule has 0 amide bonds. The lowest BCUT2D eigenvalue weighted by Crippen LogP contribution is -2.24. The monoisotopic (exact) mass is 329 g/mol. The maximum atomic E-state index is 12.6. The van der Waals surface area contributed by atoms with E-state index in [-0.39, 0.29) is 17.4 Å². The van der Waals surface area contributed by atoms with Crippen LogP contribution >= 0.6 is 0 Å². The number of aromatic nitrogens is 2. The number of allylic oxidation sites excluding steroid dienone is 1. The Kier molecular flexibility index (Phi) is 3.73. The highest BCUT2D eigenvalue weighted by Gasteiger charge is 2.27. The van der Waals surface area contributed by atoms with Gasteiger partial charge in [-0.25, -0.2) is 4.98 Å². The van der Waals surface area contributed by atoms with Crippen molar-refractivity contribution in [3.63, 3.8) is 0 Å². The highest BCUT2D eigenvalue weighted by Crippen LogP contribution is 2.39. The molecule has 4 heteroatoms. The molecule has 1 unspecified atom stereocenters. The van der Waals surface area contributed by atoms with Crippen LogP contribution in [-0.2, 0) is 0 Å². The summed E-state index contributed by atoms with van der Waals surface area (Å²) in [6, 6.07) is 18.5. The van der Waals surface area contributed by atoms with Crippen molar-refractivity contribution in [1.29, 1.82) is 0 Å². The van der Waals surface area contributed by atoms with Crippen LogP contribution in [0, 0.1) is 6.92 Å². The normalized spacial score (nSPS) is 16.2. The first kappa shape index (κ1) is 15.4. The van der Waals surface area contributed by atoms with E-state index in [0.29, 0.717) is 11.3 Å². The standard InChI is InChI=1S/C21H19N3O/c1-13-7-9-15(10-8-13)17-11-16(14-5-3-2-4-6-14)12-18-19(17)20(25)24-21(22)23-18/h2-10,12,17H,11H2,1H3,(H3,22,23,24,25). The predicted molar refractivity (Wildman–Crippen MR) is 101 cm³/mol. The molecule has 1 heterocycles. The smallest absolute Gasteiger partial charge is 0.256 e. The Morgan fingerprint density at radius 1 is 1.08 bits per heavy atom. The van der Waals surface area contributed by atoms with Gasteiger partial charge in [0.25, 0.3) is 5.56 Å². The Morgan fingerprint density at radius 3 is 2.52 bits per heavy atom. The van der Waals surface area contributed by atoms with E-state index in [1.165, 1.54) is 5.56 Å². The fourth-order valence-electron chi connectivity index (χ4n) is 3.45. The van der Waals surface area contributed by atoms with Crippen LogP contribution in [-0.4, -0.2) is 9.97 Å². The van der Waals surface area contributed by atoms with Gasteiger partial charge < -0.3 is 5.73 Å². The van der Waals surface area contributed by atoms with E-state index in [4.69, 9.17) is 5.73 Å². The Hall–Kier alpha value is -3.14. The Labute approximate surface area is 146 Å². The third-order valence-corrected chi connectivity index (χ3v) is 4.71. The van der Waals surface area contributed by atoms with Gasteiger partial charge in [0.15, 0.2) is 0 Å². The van der Waals surface area contributed by atoms with Crippen molar-refractivity contribution in [2.45, 2.75) is 19.3 Å². The van der Waals surface area contributed by atoms with Crippen LogP contribution < -0.4 is 11.3 Å². The van der Waals surface area contributed by atoms with E-state index in [9.17, 15) is 4.79 Å². The van der Waals surface area contributed by atoms with E-state index in [1.807, 2.05) is 24.3 Å². The van der Waals surface area contributed by atoms with Crippen LogP contribution in [0.15, 0.2) is 59.4 Å². The first-order valence-electron chi connectivity index (χ1n) is 8.34. The number of aryl methyl sites for hydroxylation is 1. The SMILES string of the molecule is Cc1ccc(C2CC(c3ccccc3)=Cc3nc(N)[nH]c(=O)c32)cc1. The number of nitrogens with one attached hydrogen (secondary N) is 1. The molecule has 1 aliphatic rings. The molecule has 0 saturated heterocycles. The summed E-state index contributed by atoms with van der Waals surface area (Å²) < 4.78 is 0. The highest BCUT2D eigenvalue weighted by atomic mass is 16.1. The van der Waals surface area contributed by atoms with Crippen LogP contribution in [0.3, 0.4) is 0 Å². The molecule has 3 N–H and O–H groups in total. The number of fused-ring (bicyclic) bond motifs is 1. The number of rotatable bonds is 2. The number of nitrogens with two attached hydrogens (primary N) is 1. The zero-order valence-electron chi connectivity index (χ0n) is 14.0. The average Bonchev–Trinajstić information content (AvgIpc) is 2.62. The maximum absolute atomic E-state index is 12.6. The summed E-state index contributed by atoms with van der Waals surface area (Å²) in [4.78, 5) is 19.6. The molecule has 1 aliphatic carbocycles. The van der Waals surface area contributed by atoms with E-state index in [0.717, 1.165) is 23.1 Å². The topological polar surface area (TPSA) is 71.8 Å².